The molecule has 0 saturated carbocycles. The van der Waals surface area contributed by atoms with Crippen LogP contribution in [0.25, 0.3) is 0 Å². The smallest absolute Gasteiger partial charge is 0.416 e. The van der Waals surface area contributed by atoms with Crippen LogP contribution in [0.5, 0.6) is 0 Å². The van der Waals surface area contributed by atoms with Gasteiger partial charge in [0, 0.05) is 31.5 Å². The number of hydrogen-bond acceptors (Lipinski definition) is 4. The van der Waals surface area contributed by atoms with Gasteiger partial charge in [-0.2, -0.15) is 13.2 Å². The molecule has 2 aliphatic heterocycles. The molecule has 2 aromatic carbocycles. The first-order valence-corrected chi connectivity index (χ1v) is 10.7. The van der Waals surface area contributed by atoms with Gasteiger partial charge in [0.1, 0.15) is 5.60 Å². The number of ether oxygens (including phenoxy) is 1. The van der Waals surface area contributed by atoms with Crippen molar-refractivity contribution in [3.63, 3.8) is 0 Å². The molecule has 1 saturated heterocycles. The zero-order valence-electron chi connectivity index (χ0n) is 15.3. The SMILES string of the molecule is O=C1OC2(CCN(S(=O)(=O)Cc3ccc(C(F)(F)F)cc3)CC2)c2ccccc21. The molecule has 0 radical (unpaired) electrons. The monoisotopic (exact) mass is 425 g/mol. The van der Waals surface area contributed by atoms with Crippen molar-refractivity contribution >= 4 is 16.0 Å². The maximum absolute atomic E-state index is 12.7. The first-order valence-electron chi connectivity index (χ1n) is 9.08. The second kappa shape index (κ2) is 6.84. The van der Waals surface area contributed by atoms with Gasteiger partial charge in [0.25, 0.3) is 0 Å². The first kappa shape index (κ1) is 19.9. The van der Waals surface area contributed by atoms with Crippen molar-refractivity contribution in [2.75, 3.05) is 13.1 Å². The van der Waals surface area contributed by atoms with E-state index in [1.54, 1.807) is 12.1 Å². The number of carbonyl (C=O) groups excluding carboxylic acids is 1. The van der Waals surface area contributed by atoms with Crippen molar-refractivity contribution in [3.8, 4) is 0 Å². The van der Waals surface area contributed by atoms with Crippen molar-refractivity contribution in [2.45, 2.75) is 30.4 Å². The number of fused-ring (bicyclic) bond motifs is 2. The lowest BCUT2D eigenvalue weighted by Gasteiger charge is -2.37. The topological polar surface area (TPSA) is 63.7 Å². The van der Waals surface area contributed by atoms with Gasteiger partial charge in [-0.25, -0.2) is 17.5 Å². The fourth-order valence-corrected chi connectivity index (χ4v) is 5.47. The summed E-state index contributed by atoms with van der Waals surface area (Å²) >= 11 is 0. The molecule has 1 fully saturated rings. The highest BCUT2D eigenvalue weighted by Gasteiger charge is 2.48. The van der Waals surface area contributed by atoms with Gasteiger partial charge in [-0.1, -0.05) is 30.3 Å². The lowest BCUT2D eigenvalue weighted by molar-refractivity contribution is -0.137. The van der Waals surface area contributed by atoms with Crippen LogP contribution in [0.2, 0.25) is 0 Å². The molecule has 1 spiro atoms. The van der Waals surface area contributed by atoms with Gasteiger partial charge in [0.05, 0.1) is 16.9 Å². The third kappa shape index (κ3) is 3.64. The van der Waals surface area contributed by atoms with Crippen LogP contribution >= 0.6 is 0 Å². The molecule has 2 heterocycles. The quantitative estimate of drug-likeness (QED) is 0.704. The van der Waals surface area contributed by atoms with Crippen LogP contribution in [0.15, 0.2) is 48.5 Å². The number of piperidine rings is 1. The third-order valence-electron chi connectivity index (χ3n) is 5.48. The molecule has 29 heavy (non-hydrogen) atoms. The van der Waals surface area contributed by atoms with Gasteiger partial charge in [-0.3, -0.25) is 0 Å². The van der Waals surface area contributed by atoms with Crippen molar-refractivity contribution in [3.05, 3.63) is 70.8 Å². The van der Waals surface area contributed by atoms with Crippen molar-refractivity contribution < 1.29 is 31.1 Å². The minimum Gasteiger partial charge on any atom is -0.450 e. The molecule has 2 aliphatic rings. The number of esters is 1. The minimum atomic E-state index is -4.46. The summed E-state index contributed by atoms with van der Waals surface area (Å²) in [5.74, 6) is -0.782. The second-order valence-corrected chi connectivity index (χ2v) is 9.25. The first-order chi connectivity index (χ1) is 13.6. The normalized spacial score (nSPS) is 19.2. The average molecular weight is 425 g/mol. The number of alkyl halides is 3. The number of rotatable bonds is 3. The Bertz CT molecular complexity index is 1040. The van der Waals surface area contributed by atoms with E-state index in [1.807, 2.05) is 12.1 Å². The van der Waals surface area contributed by atoms with Crippen LogP contribution < -0.4 is 0 Å². The van der Waals surface area contributed by atoms with E-state index in [4.69, 9.17) is 4.74 Å². The Morgan fingerprint density at radius 2 is 1.62 bits per heavy atom. The maximum atomic E-state index is 12.7. The molecule has 0 aliphatic carbocycles. The molecule has 154 valence electrons. The molecule has 0 amide bonds. The maximum Gasteiger partial charge on any atom is 0.416 e. The van der Waals surface area contributed by atoms with E-state index < -0.39 is 33.3 Å². The van der Waals surface area contributed by atoms with E-state index in [-0.39, 0.29) is 24.4 Å². The fraction of sp³-hybridized carbons (Fsp3) is 0.350. The lowest BCUT2D eigenvalue weighted by Crippen LogP contribution is -2.45. The van der Waals surface area contributed by atoms with E-state index in [2.05, 4.69) is 0 Å². The van der Waals surface area contributed by atoms with Gasteiger partial charge in [0.15, 0.2) is 0 Å². The molecular formula is C20H18F3NO4S. The summed E-state index contributed by atoms with van der Waals surface area (Å²) in [4.78, 5) is 12.1. The summed E-state index contributed by atoms with van der Waals surface area (Å²) in [6.45, 7) is 0.342. The van der Waals surface area contributed by atoms with E-state index in [0.29, 0.717) is 18.4 Å². The number of nitrogens with zero attached hydrogens (tertiary/aromatic N) is 1. The zero-order chi connectivity index (χ0) is 20.9. The average Bonchev–Trinajstić information content (AvgIpc) is 2.94. The Hall–Kier alpha value is -2.39. The van der Waals surface area contributed by atoms with Crippen LogP contribution in [-0.2, 0) is 32.3 Å². The standard InChI is InChI=1S/C20H18F3NO4S/c21-20(22,23)15-7-5-14(6-8-15)13-29(26,27)24-11-9-19(10-12-24)17-4-2-1-3-16(17)18(25)28-19/h1-8H,9-13H2. The highest BCUT2D eigenvalue weighted by Crippen LogP contribution is 2.44. The summed E-state index contributed by atoms with van der Waals surface area (Å²) < 4.78 is 70.4. The van der Waals surface area contributed by atoms with E-state index in [0.717, 1.165) is 17.7 Å². The van der Waals surface area contributed by atoms with Gasteiger partial charge < -0.3 is 4.74 Å². The summed E-state index contributed by atoms with van der Waals surface area (Å²) in [7, 11) is -3.71. The van der Waals surface area contributed by atoms with E-state index in [9.17, 15) is 26.4 Å². The van der Waals surface area contributed by atoms with Crippen molar-refractivity contribution in [2.24, 2.45) is 0 Å². The van der Waals surface area contributed by atoms with Gasteiger partial charge in [-0.15, -0.1) is 0 Å². The fourth-order valence-electron chi connectivity index (χ4n) is 3.93. The lowest BCUT2D eigenvalue weighted by atomic mass is 9.84. The van der Waals surface area contributed by atoms with Gasteiger partial charge in [0.2, 0.25) is 10.0 Å². The molecule has 0 atom stereocenters. The molecule has 0 N–H and O–H groups in total. The van der Waals surface area contributed by atoms with Crippen molar-refractivity contribution in [1.29, 1.82) is 0 Å². The van der Waals surface area contributed by atoms with Gasteiger partial charge in [-0.05, 0) is 23.8 Å². The molecule has 4 rings (SSSR count). The molecule has 0 unspecified atom stereocenters. The summed E-state index contributed by atoms with van der Waals surface area (Å²) in [6, 6.07) is 11.2. The summed E-state index contributed by atoms with van der Waals surface area (Å²) in [6.07, 6.45) is -3.79. The Kier molecular flexibility index (Phi) is 4.70. The van der Waals surface area contributed by atoms with E-state index in [1.165, 1.54) is 16.4 Å². The summed E-state index contributed by atoms with van der Waals surface area (Å²) in [5, 5.41) is 0. The predicted octanol–water partition coefficient (Wildman–Crippen LogP) is 3.70. The molecule has 5 nitrogen and oxygen atoms in total. The third-order valence-corrected chi connectivity index (χ3v) is 7.33. The minimum absolute atomic E-state index is 0.171. The highest BCUT2D eigenvalue weighted by molar-refractivity contribution is 7.88. The van der Waals surface area contributed by atoms with Gasteiger partial charge >= 0.3 is 12.1 Å². The number of halogens is 3. The zero-order valence-corrected chi connectivity index (χ0v) is 16.1. The molecular weight excluding hydrogens is 407 g/mol. The predicted molar refractivity (Wildman–Crippen MR) is 98.4 cm³/mol. The Morgan fingerprint density at radius 3 is 2.24 bits per heavy atom. The highest BCUT2D eigenvalue weighted by atomic mass is 32.2. The number of benzene rings is 2. The molecule has 9 heteroatoms. The summed E-state index contributed by atoms with van der Waals surface area (Å²) in [5.41, 5.74) is -0.0526. The van der Waals surface area contributed by atoms with Crippen LogP contribution in [0.4, 0.5) is 13.2 Å². The van der Waals surface area contributed by atoms with Crippen molar-refractivity contribution in [1.82, 2.24) is 4.31 Å². The number of sulfonamides is 1. The Labute approximate surface area is 166 Å². The van der Waals surface area contributed by atoms with E-state index >= 15 is 0 Å². The molecule has 2 aromatic rings. The molecule has 0 aromatic heterocycles. The molecule has 0 bridgehead atoms. The van der Waals surface area contributed by atoms with Crippen LogP contribution in [0, 0.1) is 0 Å². The number of carbonyl (C=O) groups is 1. The van der Waals surface area contributed by atoms with Crippen LogP contribution in [0.1, 0.15) is 39.9 Å². The van der Waals surface area contributed by atoms with Crippen LogP contribution in [0.3, 0.4) is 0 Å². The largest absolute Gasteiger partial charge is 0.450 e. The number of hydrogen-bond donors (Lipinski definition) is 0. The van der Waals surface area contributed by atoms with Crippen LogP contribution in [-0.4, -0.2) is 31.8 Å². The Morgan fingerprint density at radius 1 is 1.00 bits per heavy atom. The Balaban J connectivity index is 1.46. The second-order valence-electron chi connectivity index (χ2n) is 7.28.